The van der Waals surface area contributed by atoms with Gasteiger partial charge in [0.25, 0.3) is 0 Å². The number of nitrogens with zero attached hydrogens (tertiary/aromatic N) is 3. The molecule has 7 nitrogen and oxygen atoms in total. The molecule has 0 aliphatic carbocycles. The summed E-state index contributed by atoms with van der Waals surface area (Å²) in [5, 5.41) is 2.91. The van der Waals surface area contributed by atoms with Crippen LogP contribution in [0, 0.1) is 6.92 Å². The van der Waals surface area contributed by atoms with E-state index in [0.29, 0.717) is 32.0 Å². The summed E-state index contributed by atoms with van der Waals surface area (Å²) in [6.07, 6.45) is 9.09. The van der Waals surface area contributed by atoms with E-state index in [2.05, 4.69) is 52.5 Å². The van der Waals surface area contributed by atoms with Gasteiger partial charge < -0.3 is 15.0 Å². The summed E-state index contributed by atoms with van der Waals surface area (Å²) >= 11 is 0. The van der Waals surface area contributed by atoms with Gasteiger partial charge in [0.1, 0.15) is 11.6 Å². The molecular weight excluding hydrogens is 488 g/mol. The van der Waals surface area contributed by atoms with Crippen molar-refractivity contribution in [3.63, 3.8) is 0 Å². The molecule has 0 atom stereocenters. The molecular formula is C32H34N4O3. The van der Waals surface area contributed by atoms with E-state index in [1.807, 2.05) is 41.3 Å². The molecule has 0 spiro atoms. The van der Waals surface area contributed by atoms with E-state index in [1.54, 1.807) is 19.4 Å². The number of hydrogen-bond acceptors (Lipinski definition) is 5. The minimum atomic E-state index is -0.0897. The number of aromatic nitrogens is 1. The summed E-state index contributed by atoms with van der Waals surface area (Å²) in [5.74, 6) is 1.28. The van der Waals surface area contributed by atoms with E-state index in [9.17, 15) is 9.59 Å². The Kier molecular flexibility index (Phi) is 8.18. The maximum atomic E-state index is 13.0. The Hall–Kier alpha value is -4.23. The number of rotatable bonds is 6. The average molecular weight is 523 g/mol. The zero-order valence-corrected chi connectivity index (χ0v) is 22.5. The largest absolute Gasteiger partial charge is 0.497 e. The molecule has 0 fully saturated rings. The summed E-state index contributed by atoms with van der Waals surface area (Å²) < 4.78 is 5.25. The van der Waals surface area contributed by atoms with Gasteiger partial charge in [0.05, 0.1) is 13.7 Å². The molecule has 1 aromatic heterocycles. The highest BCUT2D eigenvalue weighted by Crippen LogP contribution is 2.26. The van der Waals surface area contributed by atoms with Crippen LogP contribution in [0.3, 0.4) is 0 Å². The molecule has 7 heteroatoms. The number of ether oxygens (including phenoxy) is 1. The van der Waals surface area contributed by atoms with Crippen LogP contribution in [0.2, 0.25) is 0 Å². The van der Waals surface area contributed by atoms with Gasteiger partial charge in [0.15, 0.2) is 0 Å². The molecule has 0 radical (unpaired) electrons. The Morgan fingerprint density at radius 2 is 1.92 bits per heavy atom. The standard InChI is InChI=1S/C32H34N4O3/c1-23-6-3-4-8-29(23)26-7-5-16-36(17-15-26)31(38)14-11-25-18-27-21-35(22-30(37)34-32(27)33-19-25)20-24-9-12-28(39-2)13-10-24/h3-4,6-14,18-19H,5,15-17,20-22H2,1-2H3,(H,33,34,37)/b14-11+. The molecule has 0 saturated carbocycles. The van der Waals surface area contributed by atoms with Crippen LogP contribution >= 0.6 is 0 Å². The first-order valence-corrected chi connectivity index (χ1v) is 13.3. The number of benzene rings is 2. The quantitative estimate of drug-likeness (QED) is 0.458. The maximum Gasteiger partial charge on any atom is 0.246 e. The van der Waals surface area contributed by atoms with Crippen LogP contribution in [0.5, 0.6) is 5.75 Å². The van der Waals surface area contributed by atoms with Crippen LogP contribution in [0.25, 0.3) is 11.6 Å². The second-order valence-electron chi connectivity index (χ2n) is 10.1. The van der Waals surface area contributed by atoms with Crippen molar-refractivity contribution < 1.29 is 14.3 Å². The number of pyridine rings is 1. The molecule has 0 unspecified atom stereocenters. The van der Waals surface area contributed by atoms with Gasteiger partial charge in [-0.2, -0.15) is 0 Å². The second-order valence-corrected chi connectivity index (χ2v) is 10.1. The number of aryl methyl sites for hydroxylation is 1. The molecule has 3 heterocycles. The summed E-state index contributed by atoms with van der Waals surface area (Å²) in [6.45, 7) is 5.00. The molecule has 0 bridgehead atoms. The van der Waals surface area contributed by atoms with Gasteiger partial charge in [-0.3, -0.25) is 14.5 Å². The van der Waals surface area contributed by atoms with Gasteiger partial charge in [-0.15, -0.1) is 0 Å². The summed E-state index contributed by atoms with van der Waals surface area (Å²) in [7, 11) is 1.64. The number of anilines is 1. The van der Waals surface area contributed by atoms with Crippen molar-refractivity contribution in [2.45, 2.75) is 32.9 Å². The first-order valence-electron chi connectivity index (χ1n) is 13.3. The molecule has 5 rings (SSSR count). The smallest absolute Gasteiger partial charge is 0.246 e. The van der Waals surface area contributed by atoms with E-state index < -0.39 is 0 Å². The zero-order chi connectivity index (χ0) is 27.2. The molecule has 200 valence electrons. The third-order valence-corrected chi connectivity index (χ3v) is 7.23. The number of methoxy groups -OCH3 is 1. The van der Waals surface area contributed by atoms with Gasteiger partial charge in [-0.25, -0.2) is 4.98 Å². The van der Waals surface area contributed by atoms with Gasteiger partial charge in [0.2, 0.25) is 11.8 Å². The van der Waals surface area contributed by atoms with Crippen molar-refractivity contribution >= 4 is 29.3 Å². The van der Waals surface area contributed by atoms with Crippen LogP contribution in [-0.2, 0) is 22.7 Å². The van der Waals surface area contributed by atoms with Crippen molar-refractivity contribution in [1.29, 1.82) is 0 Å². The number of carbonyl (C=O) groups excluding carboxylic acids is 2. The molecule has 2 aromatic carbocycles. The fourth-order valence-electron chi connectivity index (χ4n) is 5.16. The number of fused-ring (bicyclic) bond motifs is 1. The van der Waals surface area contributed by atoms with Crippen molar-refractivity contribution in [3.8, 4) is 5.75 Å². The van der Waals surface area contributed by atoms with E-state index in [1.165, 1.54) is 16.7 Å². The fraction of sp³-hybridized carbons (Fsp3) is 0.281. The molecule has 39 heavy (non-hydrogen) atoms. The fourth-order valence-corrected chi connectivity index (χ4v) is 5.16. The Balaban J connectivity index is 1.23. The average Bonchev–Trinajstić information content (AvgIpc) is 3.28. The monoisotopic (exact) mass is 522 g/mol. The predicted octanol–water partition coefficient (Wildman–Crippen LogP) is 5.07. The Bertz CT molecular complexity index is 1410. The minimum Gasteiger partial charge on any atom is -0.497 e. The van der Waals surface area contributed by atoms with Crippen LogP contribution in [0.4, 0.5) is 5.82 Å². The lowest BCUT2D eigenvalue weighted by molar-refractivity contribution is -0.125. The van der Waals surface area contributed by atoms with Gasteiger partial charge in [-0.05, 0) is 71.9 Å². The topological polar surface area (TPSA) is 74.8 Å². The minimum absolute atomic E-state index is 0.00110. The molecule has 2 aliphatic heterocycles. The van der Waals surface area contributed by atoms with E-state index in [0.717, 1.165) is 35.3 Å². The van der Waals surface area contributed by atoms with E-state index >= 15 is 0 Å². The lowest BCUT2D eigenvalue weighted by Crippen LogP contribution is -2.30. The van der Waals surface area contributed by atoms with Gasteiger partial charge in [0, 0.05) is 44.0 Å². The van der Waals surface area contributed by atoms with Crippen molar-refractivity contribution in [2.75, 3.05) is 32.1 Å². The highest BCUT2D eigenvalue weighted by molar-refractivity contribution is 5.93. The predicted molar refractivity (Wildman–Crippen MR) is 154 cm³/mol. The number of amides is 2. The van der Waals surface area contributed by atoms with Crippen molar-refractivity contribution in [1.82, 2.24) is 14.8 Å². The lowest BCUT2D eigenvalue weighted by atomic mass is 9.98. The van der Waals surface area contributed by atoms with Crippen LogP contribution in [0.15, 0.2) is 72.9 Å². The summed E-state index contributed by atoms with van der Waals surface area (Å²) in [6, 6.07) is 18.3. The second kappa shape index (κ2) is 12.1. The summed E-state index contributed by atoms with van der Waals surface area (Å²) in [4.78, 5) is 34.0. The zero-order valence-electron chi connectivity index (χ0n) is 22.5. The van der Waals surface area contributed by atoms with Crippen molar-refractivity contribution in [3.05, 3.63) is 101 Å². The SMILES string of the molecule is COc1ccc(CN2CC(=O)Nc3ncc(/C=C/C(=O)N4CCC=C(c5ccccc5C)CC4)cc3C2)cc1. The Labute approximate surface area is 229 Å². The third kappa shape index (κ3) is 6.62. The highest BCUT2D eigenvalue weighted by atomic mass is 16.5. The maximum absolute atomic E-state index is 13.0. The van der Waals surface area contributed by atoms with Crippen LogP contribution < -0.4 is 10.1 Å². The Morgan fingerprint density at radius 3 is 2.72 bits per heavy atom. The molecule has 0 saturated heterocycles. The molecule has 1 N–H and O–H groups in total. The third-order valence-electron chi connectivity index (χ3n) is 7.23. The highest BCUT2D eigenvalue weighted by Gasteiger charge is 2.21. The molecule has 2 aliphatic rings. The summed E-state index contributed by atoms with van der Waals surface area (Å²) in [5.41, 5.74) is 6.69. The van der Waals surface area contributed by atoms with Crippen LogP contribution in [0.1, 0.15) is 40.7 Å². The van der Waals surface area contributed by atoms with Crippen LogP contribution in [-0.4, -0.2) is 53.3 Å². The normalized spacial score (nSPS) is 16.2. The Morgan fingerprint density at radius 1 is 1.10 bits per heavy atom. The van der Waals surface area contributed by atoms with Gasteiger partial charge in [-0.1, -0.05) is 42.5 Å². The first kappa shape index (κ1) is 26.4. The van der Waals surface area contributed by atoms with E-state index in [-0.39, 0.29) is 18.4 Å². The number of nitrogens with one attached hydrogen (secondary N) is 1. The number of hydrogen-bond donors (Lipinski definition) is 1. The van der Waals surface area contributed by atoms with Gasteiger partial charge >= 0.3 is 0 Å². The first-order chi connectivity index (χ1) is 19.0. The lowest BCUT2D eigenvalue weighted by Gasteiger charge is -2.19. The molecule has 2 amide bonds. The number of carbonyl (C=O) groups is 2. The van der Waals surface area contributed by atoms with E-state index in [4.69, 9.17) is 4.74 Å². The molecule has 3 aromatic rings. The van der Waals surface area contributed by atoms with Crippen molar-refractivity contribution in [2.24, 2.45) is 0 Å².